The van der Waals surface area contributed by atoms with Crippen LogP contribution in [0.4, 0.5) is 0 Å². The van der Waals surface area contributed by atoms with Gasteiger partial charge in [0.25, 0.3) is 0 Å². The molecular weight excluding hydrogens is 755 g/mol. The molecule has 0 aromatic rings. The third-order valence-corrected chi connectivity index (χ3v) is 12.2. The van der Waals surface area contributed by atoms with Crippen LogP contribution in [0.1, 0.15) is 277 Å². The van der Waals surface area contributed by atoms with Crippen LogP contribution >= 0.6 is 0 Å². The highest BCUT2D eigenvalue weighted by atomic mass is 16.5. The van der Waals surface area contributed by atoms with E-state index in [1.807, 2.05) is 0 Å². The SMILES string of the molecule is CCCCCC/C=C\C/C=C\CCCCCCCCCC(=O)OCCCCCC/C=C\CCCCCCCCCC(=O)NC(CO)C(O)CCCCCCCCCCCCC. The molecule has 2 unspecified atom stereocenters. The van der Waals surface area contributed by atoms with E-state index in [1.165, 1.54) is 167 Å². The predicted molar refractivity (Wildman–Crippen MR) is 264 cm³/mol. The average molecular weight is 858 g/mol. The first-order valence-corrected chi connectivity index (χ1v) is 26.7. The fourth-order valence-electron chi connectivity index (χ4n) is 8.02. The van der Waals surface area contributed by atoms with Crippen LogP contribution in [0.3, 0.4) is 0 Å². The lowest BCUT2D eigenvalue weighted by atomic mass is 10.0. The van der Waals surface area contributed by atoms with E-state index in [4.69, 9.17) is 4.74 Å². The molecule has 0 aromatic carbocycles. The van der Waals surface area contributed by atoms with Crippen LogP contribution in [0, 0.1) is 0 Å². The monoisotopic (exact) mass is 858 g/mol. The number of carbonyl (C=O) groups excluding carboxylic acids is 2. The van der Waals surface area contributed by atoms with Crippen LogP contribution in [0.25, 0.3) is 0 Å². The fraction of sp³-hybridized carbons (Fsp3) is 0.855. The molecule has 0 fully saturated rings. The summed E-state index contributed by atoms with van der Waals surface area (Å²) in [5.41, 5.74) is 0. The van der Waals surface area contributed by atoms with E-state index in [0.717, 1.165) is 77.0 Å². The smallest absolute Gasteiger partial charge is 0.305 e. The molecule has 358 valence electrons. The maximum absolute atomic E-state index is 12.4. The summed E-state index contributed by atoms with van der Waals surface area (Å²) in [5.74, 6) is -0.0702. The molecule has 6 nitrogen and oxygen atoms in total. The van der Waals surface area contributed by atoms with Gasteiger partial charge in [0.05, 0.1) is 25.4 Å². The average Bonchev–Trinajstić information content (AvgIpc) is 3.26. The van der Waals surface area contributed by atoms with Crippen LogP contribution < -0.4 is 5.32 Å². The number of aliphatic hydroxyl groups excluding tert-OH is 2. The van der Waals surface area contributed by atoms with E-state index < -0.39 is 12.1 Å². The molecule has 0 heterocycles. The first-order valence-electron chi connectivity index (χ1n) is 26.7. The molecule has 61 heavy (non-hydrogen) atoms. The first kappa shape index (κ1) is 59.1. The molecule has 0 bridgehead atoms. The predicted octanol–water partition coefficient (Wildman–Crippen LogP) is 16.1. The standard InChI is InChI=1S/C55H103NO5/c1-3-5-7-9-11-13-15-16-17-18-19-22-25-29-33-37-41-45-49-55(60)61-50-46-42-38-34-30-26-23-20-21-24-28-32-36-40-44-48-54(59)56-52(51-57)53(58)47-43-39-35-31-27-14-12-10-8-6-4-2/h13,15,17-18,23,26,52-53,57-58H,3-12,14,16,19-22,24-25,27-51H2,1-2H3,(H,56,59)/b15-13-,18-17-,26-23-. The maximum atomic E-state index is 12.4. The third kappa shape index (κ3) is 47.4. The van der Waals surface area contributed by atoms with Crippen molar-refractivity contribution in [1.29, 1.82) is 0 Å². The number of amides is 1. The largest absolute Gasteiger partial charge is 0.466 e. The summed E-state index contributed by atoms with van der Waals surface area (Å²) in [7, 11) is 0. The van der Waals surface area contributed by atoms with Crippen LogP contribution in [0.5, 0.6) is 0 Å². The Morgan fingerprint density at radius 2 is 0.820 bits per heavy atom. The molecule has 2 atom stereocenters. The highest BCUT2D eigenvalue weighted by molar-refractivity contribution is 5.76. The van der Waals surface area contributed by atoms with Crippen molar-refractivity contribution in [2.75, 3.05) is 13.2 Å². The van der Waals surface area contributed by atoms with Gasteiger partial charge in [0, 0.05) is 12.8 Å². The summed E-state index contributed by atoms with van der Waals surface area (Å²) in [4.78, 5) is 24.5. The molecule has 0 aliphatic rings. The van der Waals surface area contributed by atoms with Crippen molar-refractivity contribution >= 4 is 11.9 Å². The fourth-order valence-corrected chi connectivity index (χ4v) is 8.02. The molecule has 6 heteroatoms. The highest BCUT2D eigenvalue weighted by Crippen LogP contribution is 2.16. The van der Waals surface area contributed by atoms with Crippen LogP contribution in [0.2, 0.25) is 0 Å². The molecule has 0 aliphatic carbocycles. The number of rotatable bonds is 49. The number of esters is 1. The van der Waals surface area contributed by atoms with Gasteiger partial charge in [-0.25, -0.2) is 0 Å². The Bertz CT molecular complexity index is 993. The van der Waals surface area contributed by atoms with E-state index in [-0.39, 0.29) is 18.5 Å². The van der Waals surface area contributed by atoms with Crippen molar-refractivity contribution in [1.82, 2.24) is 5.32 Å². The van der Waals surface area contributed by atoms with Gasteiger partial charge in [-0.1, -0.05) is 217 Å². The maximum Gasteiger partial charge on any atom is 0.305 e. The molecule has 0 spiro atoms. The molecule has 0 radical (unpaired) electrons. The summed E-state index contributed by atoms with van der Waals surface area (Å²) in [6.07, 6.45) is 61.2. The number of unbranched alkanes of at least 4 members (excludes halogenated alkanes) is 32. The van der Waals surface area contributed by atoms with Gasteiger partial charge in [0.2, 0.25) is 5.91 Å². The van der Waals surface area contributed by atoms with E-state index in [2.05, 4.69) is 55.6 Å². The third-order valence-electron chi connectivity index (χ3n) is 12.2. The van der Waals surface area contributed by atoms with Gasteiger partial charge in [-0.2, -0.15) is 0 Å². The van der Waals surface area contributed by atoms with Crippen LogP contribution in [0.15, 0.2) is 36.5 Å². The molecule has 0 aliphatic heterocycles. The van der Waals surface area contributed by atoms with Gasteiger partial charge < -0.3 is 20.3 Å². The van der Waals surface area contributed by atoms with Crippen LogP contribution in [-0.2, 0) is 14.3 Å². The number of aliphatic hydroxyl groups is 2. The zero-order chi connectivity index (χ0) is 44.4. The number of hydrogen-bond acceptors (Lipinski definition) is 5. The number of hydrogen-bond donors (Lipinski definition) is 3. The molecule has 0 aromatic heterocycles. The summed E-state index contributed by atoms with van der Waals surface area (Å²) >= 11 is 0. The molecule has 0 saturated heterocycles. The van der Waals surface area contributed by atoms with Crippen LogP contribution in [-0.4, -0.2) is 47.4 Å². The summed E-state index contributed by atoms with van der Waals surface area (Å²) in [5, 5.41) is 23.1. The second-order valence-corrected chi connectivity index (χ2v) is 18.2. The van der Waals surface area contributed by atoms with Crippen molar-refractivity contribution in [2.45, 2.75) is 289 Å². The topological polar surface area (TPSA) is 95.9 Å². The molecule has 3 N–H and O–H groups in total. The molecule has 0 rings (SSSR count). The summed E-state index contributed by atoms with van der Waals surface area (Å²) < 4.78 is 5.46. The number of nitrogens with one attached hydrogen (secondary N) is 1. The minimum Gasteiger partial charge on any atom is -0.466 e. The Morgan fingerprint density at radius 1 is 0.459 bits per heavy atom. The van der Waals surface area contributed by atoms with E-state index in [0.29, 0.717) is 25.9 Å². The Kier molecular flexibility index (Phi) is 49.1. The van der Waals surface area contributed by atoms with Gasteiger partial charge in [0.1, 0.15) is 0 Å². The first-order chi connectivity index (χ1) is 30.0. The van der Waals surface area contributed by atoms with Crippen molar-refractivity contribution in [3.63, 3.8) is 0 Å². The molecule has 1 amide bonds. The zero-order valence-electron chi connectivity index (χ0n) is 40.6. The lowest BCUT2D eigenvalue weighted by Gasteiger charge is -2.22. The number of ether oxygens (including phenoxy) is 1. The van der Waals surface area contributed by atoms with E-state index >= 15 is 0 Å². The number of carbonyl (C=O) groups is 2. The summed E-state index contributed by atoms with van der Waals surface area (Å²) in [6.45, 7) is 4.88. The van der Waals surface area contributed by atoms with Gasteiger partial charge in [-0.3, -0.25) is 9.59 Å². The molecular formula is C55H103NO5. The minimum absolute atomic E-state index is 0.0179. The summed E-state index contributed by atoms with van der Waals surface area (Å²) in [6, 6.07) is -0.552. The van der Waals surface area contributed by atoms with Crippen molar-refractivity contribution in [2.24, 2.45) is 0 Å². The zero-order valence-corrected chi connectivity index (χ0v) is 40.6. The van der Waals surface area contributed by atoms with Gasteiger partial charge in [0.15, 0.2) is 0 Å². The lowest BCUT2D eigenvalue weighted by molar-refractivity contribution is -0.143. The van der Waals surface area contributed by atoms with Crippen molar-refractivity contribution in [3.8, 4) is 0 Å². The number of allylic oxidation sites excluding steroid dienone is 6. The van der Waals surface area contributed by atoms with E-state index in [1.54, 1.807) is 0 Å². The molecule has 0 saturated carbocycles. The van der Waals surface area contributed by atoms with Gasteiger partial charge >= 0.3 is 5.97 Å². The Hall–Kier alpha value is -1.92. The quantitative estimate of drug-likeness (QED) is 0.0322. The van der Waals surface area contributed by atoms with Crippen molar-refractivity contribution < 1.29 is 24.5 Å². The highest BCUT2D eigenvalue weighted by Gasteiger charge is 2.20. The van der Waals surface area contributed by atoms with Gasteiger partial charge in [-0.15, -0.1) is 0 Å². The second-order valence-electron chi connectivity index (χ2n) is 18.2. The Balaban J connectivity index is 3.46. The van der Waals surface area contributed by atoms with E-state index in [9.17, 15) is 19.8 Å². The van der Waals surface area contributed by atoms with Crippen molar-refractivity contribution in [3.05, 3.63) is 36.5 Å². The Morgan fingerprint density at radius 3 is 1.28 bits per heavy atom. The Labute approximate surface area is 379 Å². The minimum atomic E-state index is -0.673. The lowest BCUT2D eigenvalue weighted by Crippen LogP contribution is -2.45. The second kappa shape index (κ2) is 50.7. The normalized spacial score (nSPS) is 12.9. The van der Waals surface area contributed by atoms with Gasteiger partial charge in [-0.05, 0) is 83.5 Å².